The average molecular weight is 487 g/mol. The molecule has 2 aromatic carbocycles. The number of nitrogens with zero attached hydrogens (tertiary/aromatic N) is 2. The molecule has 0 amide bonds. The van der Waals surface area contributed by atoms with Gasteiger partial charge in [0.25, 0.3) is 5.97 Å². The first kappa shape index (κ1) is 25.6. The third-order valence-corrected chi connectivity index (χ3v) is 6.68. The fourth-order valence-electron chi connectivity index (χ4n) is 3.76. The minimum absolute atomic E-state index is 0.208. The largest absolute Gasteiger partial charge is 0.481 e. The van der Waals surface area contributed by atoms with Gasteiger partial charge in [0.1, 0.15) is 5.76 Å². The second kappa shape index (κ2) is 10.9. The molecular weight excluding hydrogens is 456 g/mol. The van der Waals surface area contributed by atoms with Crippen LogP contribution in [-0.2, 0) is 21.1 Å². The number of rotatable bonds is 6. The van der Waals surface area contributed by atoms with E-state index in [0.29, 0.717) is 10.8 Å². The first-order valence-electron chi connectivity index (χ1n) is 11.0. The smallest absolute Gasteiger partial charge is 0.300 e. The summed E-state index contributed by atoms with van der Waals surface area (Å²) in [6.45, 7) is 5.54. The summed E-state index contributed by atoms with van der Waals surface area (Å²) in [5.41, 5.74) is 3.80. The fraction of sp³-hybridized carbons (Fsp3) is 0.360. The number of hydrogen-bond acceptors (Lipinski definition) is 7. The van der Waals surface area contributed by atoms with Crippen molar-refractivity contribution in [3.8, 4) is 22.6 Å². The molecule has 0 spiro atoms. The molecule has 1 fully saturated rings. The first-order chi connectivity index (χ1) is 16.0. The van der Waals surface area contributed by atoms with Crippen LogP contribution in [0, 0.1) is 6.92 Å². The number of oxazole rings is 1. The molecule has 2 N–H and O–H groups in total. The van der Waals surface area contributed by atoms with Crippen LogP contribution in [0.3, 0.4) is 0 Å². The maximum atomic E-state index is 11.6. The fourth-order valence-corrected chi connectivity index (χ4v) is 4.39. The van der Waals surface area contributed by atoms with Crippen molar-refractivity contribution in [2.45, 2.75) is 37.7 Å². The molecule has 1 aromatic heterocycles. The monoisotopic (exact) mass is 486 g/mol. The number of likely N-dealkylation sites (tertiary alicyclic amines) is 1. The molecule has 0 radical (unpaired) electrons. The number of aryl methyl sites for hydroxylation is 1. The predicted molar refractivity (Wildman–Crippen MR) is 129 cm³/mol. The maximum Gasteiger partial charge on any atom is 0.300 e. The number of benzene rings is 2. The number of aliphatic carboxylic acids is 1. The molecule has 1 aliphatic rings. The van der Waals surface area contributed by atoms with Crippen molar-refractivity contribution in [2.24, 2.45) is 0 Å². The lowest BCUT2D eigenvalue weighted by Gasteiger charge is -2.13. The molecule has 1 atom stereocenters. The van der Waals surface area contributed by atoms with Gasteiger partial charge in [0.15, 0.2) is 9.84 Å². The number of aromatic nitrogens is 1. The molecule has 4 rings (SSSR count). The van der Waals surface area contributed by atoms with E-state index in [-0.39, 0.29) is 6.10 Å². The molecule has 9 heteroatoms. The molecule has 0 aliphatic carbocycles. The zero-order valence-electron chi connectivity index (χ0n) is 19.6. The molecule has 182 valence electrons. The SMILES string of the molecule is CC(=O)O.Cc1oc(-c2ccc(-c3ccc(S(C)(=O)=O)cc3)cc2)nc1CCN1CC[C@@H](O)C1. The van der Waals surface area contributed by atoms with E-state index in [9.17, 15) is 13.5 Å². The summed E-state index contributed by atoms with van der Waals surface area (Å²) in [4.78, 5) is 16.2. The van der Waals surface area contributed by atoms with Crippen LogP contribution in [0.5, 0.6) is 0 Å². The van der Waals surface area contributed by atoms with Crippen LogP contribution in [-0.4, -0.2) is 66.5 Å². The van der Waals surface area contributed by atoms with E-state index < -0.39 is 15.8 Å². The second-order valence-electron chi connectivity index (χ2n) is 8.41. The Bertz CT molecular complexity index is 1210. The van der Waals surface area contributed by atoms with Crippen LogP contribution in [0.25, 0.3) is 22.6 Å². The number of sulfone groups is 1. The Kier molecular flexibility index (Phi) is 8.24. The van der Waals surface area contributed by atoms with Crippen molar-refractivity contribution < 1.29 is 27.8 Å². The maximum absolute atomic E-state index is 11.6. The number of aliphatic hydroxyl groups is 1. The van der Waals surface area contributed by atoms with E-state index in [1.807, 2.05) is 43.3 Å². The summed E-state index contributed by atoms with van der Waals surface area (Å²) >= 11 is 0. The van der Waals surface area contributed by atoms with Gasteiger partial charge in [0.2, 0.25) is 5.89 Å². The minimum atomic E-state index is -3.20. The van der Waals surface area contributed by atoms with Crippen LogP contribution >= 0.6 is 0 Å². The average Bonchev–Trinajstić information content (AvgIpc) is 3.36. The van der Waals surface area contributed by atoms with Crippen molar-refractivity contribution in [2.75, 3.05) is 25.9 Å². The standard InChI is InChI=1S/C23H26N2O4S.C2H4O2/c1-16-22(12-14-25-13-11-20(26)15-25)24-23(29-16)19-5-3-17(4-6-19)18-7-9-21(10-8-18)30(2,27)28;1-2(3)4/h3-10,20,26H,11-15H2,1-2H3;1H3,(H,3,4)/t20-;/m1./s1. The van der Waals surface area contributed by atoms with Gasteiger partial charge in [-0.3, -0.25) is 4.79 Å². The second-order valence-corrected chi connectivity index (χ2v) is 10.4. The van der Waals surface area contributed by atoms with Gasteiger partial charge in [-0.25, -0.2) is 13.4 Å². The van der Waals surface area contributed by atoms with Crippen molar-refractivity contribution in [1.82, 2.24) is 9.88 Å². The molecule has 1 saturated heterocycles. The van der Waals surface area contributed by atoms with E-state index >= 15 is 0 Å². The van der Waals surface area contributed by atoms with Crippen LogP contribution in [0.15, 0.2) is 57.8 Å². The number of aliphatic hydroxyl groups excluding tert-OH is 1. The number of hydrogen-bond donors (Lipinski definition) is 2. The molecule has 34 heavy (non-hydrogen) atoms. The highest BCUT2D eigenvalue weighted by molar-refractivity contribution is 7.90. The molecule has 3 aromatic rings. The third-order valence-electron chi connectivity index (χ3n) is 5.55. The number of carboxylic acid groups (broad SMARTS) is 1. The third kappa shape index (κ3) is 6.99. The topological polar surface area (TPSA) is 121 Å². The lowest BCUT2D eigenvalue weighted by atomic mass is 10.0. The summed E-state index contributed by atoms with van der Waals surface area (Å²) in [6, 6.07) is 14.8. The molecule has 0 unspecified atom stereocenters. The van der Waals surface area contributed by atoms with Gasteiger partial charge in [-0.1, -0.05) is 24.3 Å². The van der Waals surface area contributed by atoms with Gasteiger partial charge >= 0.3 is 0 Å². The van der Waals surface area contributed by atoms with E-state index in [1.54, 1.807) is 12.1 Å². The van der Waals surface area contributed by atoms with Crippen molar-refractivity contribution in [3.63, 3.8) is 0 Å². The number of carboxylic acids is 1. The first-order valence-corrected chi connectivity index (χ1v) is 12.9. The Balaban J connectivity index is 0.000000751. The zero-order valence-corrected chi connectivity index (χ0v) is 20.4. The van der Waals surface area contributed by atoms with E-state index in [4.69, 9.17) is 14.3 Å². The zero-order chi connectivity index (χ0) is 24.9. The predicted octanol–water partition coefficient (Wildman–Crippen LogP) is 3.42. The van der Waals surface area contributed by atoms with Gasteiger partial charge in [-0.05, 0) is 48.7 Å². The summed E-state index contributed by atoms with van der Waals surface area (Å²) in [5.74, 6) is 0.591. The summed E-state index contributed by atoms with van der Waals surface area (Å²) in [7, 11) is -3.20. The summed E-state index contributed by atoms with van der Waals surface area (Å²) in [6.07, 6.45) is 2.64. The number of carbonyl (C=O) groups is 1. The Labute approximate surface area is 199 Å². The Morgan fingerprint density at radius 1 is 1.09 bits per heavy atom. The van der Waals surface area contributed by atoms with Crippen LogP contribution in [0.2, 0.25) is 0 Å². The van der Waals surface area contributed by atoms with Gasteiger partial charge in [0.05, 0.1) is 16.7 Å². The van der Waals surface area contributed by atoms with Gasteiger partial charge in [-0.15, -0.1) is 0 Å². The van der Waals surface area contributed by atoms with Crippen molar-refractivity contribution in [1.29, 1.82) is 0 Å². The van der Waals surface area contributed by atoms with Gasteiger partial charge in [-0.2, -0.15) is 0 Å². The van der Waals surface area contributed by atoms with E-state index in [0.717, 1.165) is 67.5 Å². The van der Waals surface area contributed by atoms with Crippen LogP contribution in [0.1, 0.15) is 24.8 Å². The molecule has 2 heterocycles. The molecule has 0 saturated carbocycles. The molecule has 0 bridgehead atoms. The molecule has 8 nitrogen and oxygen atoms in total. The van der Waals surface area contributed by atoms with Crippen molar-refractivity contribution in [3.05, 3.63) is 60.0 Å². The highest BCUT2D eigenvalue weighted by atomic mass is 32.2. The lowest BCUT2D eigenvalue weighted by Crippen LogP contribution is -2.24. The Hall–Kier alpha value is -3.01. The quantitative estimate of drug-likeness (QED) is 0.544. The summed E-state index contributed by atoms with van der Waals surface area (Å²) in [5, 5.41) is 17.1. The minimum Gasteiger partial charge on any atom is -0.481 e. The van der Waals surface area contributed by atoms with Gasteiger partial charge < -0.3 is 19.5 Å². The van der Waals surface area contributed by atoms with E-state index in [1.165, 1.54) is 6.26 Å². The highest BCUT2D eigenvalue weighted by Gasteiger charge is 2.21. The number of β-amino-alcohol motifs (C(OH)–C–C–N with tert-alkyl or cyclic N) is 1. The van der Waals surface area contributed by atoms with Crippen LogP contribution in [0.4, 0.5) is 0 Å². The normalized spacial score (nSPS) is 16.2. The lowest BCUT2D eigenvalue weighted by molar-refractivity contribution is -0.134. The van der Waals surface area contributed by atoms with Crippen molar-refractivity contribution >= 4 is 15.8 Å². The van der Waals surface area contributed by atoms with E-state index in [2.05, 4.69) is 9.88 Å². The summed E-state index contributed by atoms with van der Waals surface area (Å²) < 4.78 is 29.1. The highest BCUT2D eigenvalue weighted by Crippen LogP contribution is 2.27. The molecular formula is C25H30N2O6S. The van der Waals surface area contributed by atoms with Gasteiger partial charge in [0, 0.05) is 44.8 Å². The van der Waals surface area contributed by atoms with Crippen LogP contribution < -0.4 is 0 Å². The molecule has 1 aliphatic heterocycles. The Morgan fingerprint density at radius 2 is 1.62 bits per heavy atom. The Morgan fingerprint density at radius 3 is 2.12 bits per heavy atom.